The van der Waals surface area contributed by atoms with Gasteiger partial charge in [0.1, 0.15) is 17.5 Å². The van der Waals surface area contributed by atoms with E-state index in [9.17, 15) is 23.1 Å². The summed E-state index contributed by atoms with van der Waals surface area (Å²) in [6.45, 7) is 3.44. The second-order valence-corrected chi connectivity index (χ2v) is 8.70. The first kappa shape index (κ1) is 24.0. The molecule has 1 aliphatic rings. The number of halogens is 3. The fraction of sp³-hybridized carbons (Fsp3) is 0.296. The molecule has 0 heterocycles. The molecule has 178 valence electrons. The Hall–Kier alpha value is -3.16. The maximum atomic E-state index is 14.1. The zero-order valence-corrected chi connectivity index (χ0v) is 19.0. The Morgan fingerprint density at radius 3 is 2.21 bits per heavy atom. The SMILES string of the molecule is CCc1ccc2c(c1)C(NC[C@@H](O)[C@H](Cc1cc(F)cc(F)c1)NC(C)=O)c1cc(F)ccc1-2. The summed E-state index contributed by atoms with van der Waals surface area (Å²) in [5, 5.41) is 16.9. The van der Waals surface area contributed by atoms with Gasteiger partial charge in [0.05, 0.1) is 18.2 Å². The maximum Gasteiger partial charge on any atom is 0.217 e. The van der Waals surface area contributed by atoms with Gasteiger partial charge in [-0.1, -0.05) is 31.2 Å². The number of benzene rings is 3. The summed E-state index contributed by atoms with van der Waals surface area (Å²) in [7, 11) is 0. The van der Waals surface area contributed by atoms with Gasteiger partial charge in [-0.05, 0) is 70.5 Å². The minimum absolute atomic E-state index is 0.0452. The van der Waals surface area contributed by atoms with Gasteiger partial charge in [0, 0.05) is 19.5 Å². The van der Waals surface area contributed by atoms with Crippen LogP contribution >= 0.6 is 0 Å². The Kier molecular flexibility index (Phi) is 7.05. The highest BCUT2D eigenvalue weighted by molar-refractivity contribution is 5.79. The molecule has 0 bridgehead atoms. The summed E-state index contributed by atoms with van der Waals surface area (Å²) in [5.41, 5.74) is 5.17. The van der Waals surface area contributed by atoms with Gasteiger partial charge in [0.15, 0.2) is 0 Å². The van der Waals surface area contributed by atoms with E-state index >= 15 is 0 Å². The van der Waals surface area contributed by atoms with E-state index in [1.54, 1.807) is 6.07 Å². The van der Waals surface area contributed by atoms with Gasteiger partial charge in [0.2, 0.25) is 5.91 Å². The van der Waals surface area contributed by atoms with Crippen LogP contribution in [0.1, 0.15) is 42.1 Å². The van der Waals surface area contributed by atoms with Gasteiger partial charge in [-0.25, -0.2) is 13.2 Å². The molecule has 0 aliphatic heterocycles. The van der Waals surface area contributed by atoms with E-state index in [2.05, 4.69) is 23.6 Å². The number of aryl methyl sites for hydroxylation is 1. The van der Waals surface area contributed by atoms with Crippen molar-refractivity contribution in [3.05, 3.63) is 94.3 Å². The van der Waals surface area contributed by atoms with Crippen LogP contribution in [0.4, 0.5) is 13.2 Å². The lowest BCUT2D eigenvalue weighted by Crippen LogP contribution is -2.48. The summed E-state index contributed by atoms with van der Waals surface area (Å²) in [5.74, 6) is -2.17. The number of nitrogens with one attached hydrogen (secondary N) is 2. The molecule has 0 saturated heterocycles. The van der Waals surface area contributed by atoms with Crippen LogP contribution in [0, 0.1) is 17.5 Å². The summed E-state index contributed by atoms with van der Waals surface area (Å²) < 4.78 is 41.4. The highest BCUT2D eigenvalue weighted by Crippen LogP contribution is 2.44. The number of aliphatic hydroxyl groups is 1. The van der Waals surface area contributed by atoms with Crippen LogP contribution in [0.2, 0.25) is 0 Å². The van der Waals surface area contributed by atoms with Gasteiger partial charge < -0.3 is 15.7 Å². The standard InChI is InChI=1S/C27H27F3N2O2/c1-3-16-4-6-21-22-7-5-18(28)13-24(22)27(23(21)10-16)31-14-26(34)25(32-15(2)33)11-17-8-19(29)12-20(30)9-17/h4-10,12-13,25-27,31,34H,3,11,14H2,1-2H3,(H,32,33)/t25-,26+,27?/m0/s1. The molecule has 1 aliphatic carbocycles. The highest BCUT2D eigenvalue weighted by atomic mass is 19.1. The van der Waals surface area contributed by atoms with E-state index in [1.807, 2.05) is 12.1 Å². The van der Waals surface area contributed by atoms with Gasteiger partial charge in [0.25, 0.3) is 0 Å². The maximum absolute atomic E-state index is 14.1. The molecule has 0 aromatic heterocycles. The summed E-state index contributed by atoms with van der Waals surface area (Å²) in [6.07, 6.45) is -0.170. The molecule has 0 saturated carbocycles. The van der Waals surface area contributed by atoms with Gasteiger partial charge >= 0.3 is 0 Å². The largest absolute Gasteiger partial charge is 0.390 e. The van der Waals surface area contributed by atoms with Crippen molar-refractivity contribution in [1.82, 2.24) is 10.6 Å². The Labute approximate surface area is 196 Å². The molecule has 34 heavy (non-hydrogen) atoms. The van der Waals surface area contributed by atoms with Gasteiger partial charge in [-0.15, -0.1) is 0 Å². The lowest BCUT2D eigenvalue weighted by atomic mass is 9.99. The first-order chi connectivity index (χ1) is 16.2. The molecule has 4 rings (SSSR count). The van der Waals surface area contributed by atoms with Gasteiger partial charge in [-0.2, -0.15) is 0 Å². The number of carbonyl (C=O) groups excluding carboxylic acids is 1. The third-order valence-electron chi connectivity index (χ3n) is 6.21. The van der Waals surface area contributed by atoms with E-state index in [0.717, 1.165) is 40.3 Å². The topological polar surface area (TPSA) is 61.4 Å². The molecule has 3 N–H and O–H groups in total. The number of hydrogen-bond acceptors (Lipinski definition) is 3. The molecule has 3 atom stereocenters. The zero-order chi connectivity index (χ0) is 24.4. The molecule has 0 fully saturated rings. The van der Waals surface area contributed by atoms with Crippen molar-refractivity contribution in [3.8, 4) is 11.1 Å². The van der Waals surface area contributed by atoms with Crippen molar-refractivity contribution in [1.29, 1.82) is 0 Å². The van der Waals surface area contributed by atoms with E-state index in [0.29, 0.717) is 5.56 Å². The number of carbonyl (C=O) groups is 1. The molecule has 4 nitrogen and oxygen atoms in total. The number of hydrogen-bond donors (Lipinski definition) is 3. The third-order valence-corrected chi connectivity index (χ3v) is 6.21. The normalized spacial score (nSPS) is 16.0. The van der Waals surface area contributed by atoms with Crippen LogP contribution < -0.4 is 10.6 Å². The van der Waals surface area contributed by atoms with Crippen molar-refractivity contribution >= 4 is 5.91 Å². The van der Waals surface area contributed by atoms with Crippen LogP contribution in [-0.2, 0) is 17.6 Å². The van der Waals surface area contributed by atoms with Crippen molar-refractivity contribution < 1.29 is 23.1 Å². The van der Waals surface area contributed by atoms with E-state index in [4.69, 9.17) is 0 Å². The lowest BCUT2D eigenvalue weighted by Gasteiger charge is -2.26. The lowest BCUT2D eigenvalue weighted by molar-refractivity contribution is -0.120. The molecule has 3 aromatic rings. The average molecular weight is 469 g/mol. The predicted molar refractivity (Wildman–Crippen MR) is 125 cm³/mol. The van der Waals surface area contributed by atoms with Crippen molar-refractivity contribution in [3.63, 3.8) is 0 Å². The molecule has 3 aromatic carbocycles. The number of amides is 1. The Balaban J connectivity index is 1.57. The fourth-order valence-electron chi connectivity index (χ4n) is 4.63. The van der Waals surface area contributed by atoms with Crippen LogP contribution in [0.3, 0.4) is 0 Å². The van der Waals surface area contributed by atoms with Crippen molar-refractivity contribution in [2.45, 2.75) is 44.9 Å². The smallest absolute Gasteiger partial charge is 0.217 e. The Bertz CT molecular complexity index is 1190. The van der Waals surface area contributed by atoms with Crippen LogP contribution in [0.25, 0.3) is 11.1 Å². The van der Waals surface area contributed by atoms with Crippen molar-refractivity contribution in [2.75, 3.05) is 6.54 Å². The highest BCUT2D eigenvalue weighted by Gasteiger charge is 2.30. The summed E-state index contributed by atoms with van der Waals surface area (Å²) >= 11 is 0. The Morgan fingerprint density at radius 2 is 1.56 bits per heavy atom. The average Bonchev–Trinajstić information content (AvgIpc) is 3.07. The van der Waals surface area contributed by atoms with Crippen LogP contribution in [0.5, 0.6) is 0 Å². The van der Waals surface area contributed by atoms with Crippen molar-refractivity contribution in [2.24, 2.45) is 0 Å². The van der Waals surface area contributed by atoms with E-state index in [-0.39, 0.29) is 30.7 Å². The second-order valence-electron chi connectivity index (χ2n) is 8.70. The third kappa shape index (κ3) is 5.16. The van der Waals surface area contributed by atoms with Crippen LogP contribution in [-0.4, -0.2) is 29.7 Å². The molecular weight excluding hydrogens is 441 g/mol. The first-order valence-corrected chi connectivity index (χ1v) is 11.3. The van der Waals surface area contributed by atoms with Crippen LogP contribution in [0.15, 0.2) is 54.6 Å². The molecule has 1 amide bonds. The zero-order valence-electron chi connectivity index (χ0n) is 19.0. The number of aliphatic hydroxyl groups excluding tert-OH is 1. The Morgan fingerprint density at radius 1 is 0.912 bits per heavy atom. The summed E-state index contributed by atoms with van der Waals surface area (Å²) in [6, 6.07) is 12.8. The molecule has 0 spiro atoms. The monoisotopic (exact) mass is 468 g/mol. The predicted octanol–water partition coefficient (Wildman–Crippen LogP) is 4.43. The minimum Gasteiger partial charge on any atom is -0.390 e. The van der Waals surface area contributed by atoms with Gasteiger partial charge in [-0.3, -0.25) is 4.79 Å². The molecule has 0 radical (unpaired) electrons. The quantitative estimate of drug-likeness (QED) is 0.458. The molecule has 7 heteroatoms. The van der Waals surface area contributed by atoms with E-state index < -0.39 is 23.8 Å². The minimum atomic E-state index is -1.06. The second kappa shape index (κ2) is 9.99. The van der Waals surface area contributed by atoms with E-state index in [1.165, 1.54) is 31.2 Å². The summed E-state index contributed by atoms with van der Waals surface area (Å²) in [4.78, 5) is 11.7. The number of fused-ring (bicyclic) bond motifs is 3. The molecule has 1 unspecified atom stereocenters. The molecular formula is C27H27F3N2O2. The first-order valence-electron chi connectivity index (χ1n) is 11.3. The number of rotatable bonds is 8. The fourth-order valence-corrected chi connectivity index (χ4v) is 4.63.